The van der Waals surface area contributed by atoms with Gasteiger partial charge >= 0.3 is 0 Å². The molecular formula is C13H20N6O. The van der Waals surface area contributed by atoms with Gasteiger partial charge in [0.15, 0.2) is 17.3 Å². The Hall–Kier alpha value is -1.86. The molecule has 2 heterocycles. The molecule has 0 aromatic carbocycles. The first-order valence-electron chi connectivity index (χ1n) is 6.87. The van der Waals surface area contributed by atoms with E-state index in [-0.39, 0.29) is 0 Å². The molecule has 1 saturated carbocycles. The maximum atomic E-state index is 5.66. The molecule has 0 radical (unpaired) electrons. The average molecular weight is 276 g/mol. The molecule has 0 bridgehead atoms. The molecule has 0 atom stereocenters. The SMILES string of the molecule is CN(CCOCC1CC1)c1nc(NN)cn2ccnc12. The molecule has 0 amide bonds. The van der Waals surface area contributed by atoms with Crippen LogP contribution >= 0.6 is 0 Å². The van der Waals surface area contributed by atoms with E-state index in [1.54, 1.807) is 6.20 Å². The van der Waals surface area contributed by atoms with Crippen molar-refractivity contribution < 1.29 is 4.74 Å². The lowest BCUT2D eigenvalue weighted by Gasteiger charge is -2.19. The highest BCUT2D eigenvalue weighted by molar-refractivity contribution is 5.66. The molecule has 20 heavy (non-hydrogen) atoms. The Morgan fingerprint density at radius 3 is 3.15 bits per heavy atom. The van der Waals surface area contributed by atoms with Gasteiger partial charge in [-0.2, -0.15) is 0 Å². The lowest BCUT2D eigenvalue weighted by atomic mass is 10.4. The van der Waals surface area contributed by atoms with Crippen molar-refractivity contribution in [3.8, 4) is 0 Å². The first-order chi connectivity index (χ1) is 9.78. The van der Waals surface area contributed by atoms with Gasteiger partial charge in [-0.3, -0.25) is 0 Å². The third-order valence-corrected chi connectivity index (χ3v) is 3.49. The molecule has 2 aromatic heterocycles. The van der Waals surface area contributed by atoms with Crippen LogP contribution in [0.3, 0.4) is 0 Å². The minimum atomic E-state index is 0.608. The van der Waals surface area contributed by atoms with Gasteiger partial charge < -0.3 is 19.5 Å². The molecule has 0 unspecified atom stereocenters. The quantitative estimate of drug-likeness (QED) is 0.444. The van der Waals surface area contributed by atoms with Crippen molar-refractivity contribution in [2.75, 3.05) is 37.1 Å². The van der Waals surface area contributed by atoms with E-state index in [1.807, 2.05) is 28.7 Å². The van der Waals surface area contributed by atoms with Crippen molar-refractivity contribution in [1.82, 2.24) is 14.4 Å². The number of rotatable bonds is 7. The summed E-state index contributed by atoms with van der Waals surface area (Å²) in [4.78, 5) is 10.8. The summed E-state index contributed by atoms with van der Waals surface area (Å²) in [5.41, 5.74) is 3.39. The fraction of sp³-hybridized carbons (Fsp3) is 0.538. The number of likely N-dealkylation sites (N-methyl/N-ethyl adjacent to an activating group) is 1. The Morgan fingerprint density at radius 2 is 2.40 bits per heavy atom. The molecule has 0 saturated heterocycles. The van der Waals surface area contributed by atoms with Crippen LogP contribution in [0, 0.1) is 5.92 Å². The summed E-state index contributed by atoms with van der Waals surface area (Å²) in [6.45, 7) is 2.35. The van der Waals surface area contributed by atoms with Crippen LogP contribution in [0.25, 0.3) is 5.65 Å². The number of hydrogen-bond acceptors (Lipinski definition) is 6. The van der Waals surface area contributed by atoms with E-state index >= 15 is 0 Å². The summed E-state index contributed by atoms with van der Waals surface area (Å²) in [7, 11) is 1.98. The standard InChI is InChI=1S/C13H20N6O/c1-18(6-7-20-9-10-2-3-10)13-12-15-4-5-19(12)8-11(16-13)17-14/h4-5,8,10,17H,2-3,6-7,9,14H2,1H3. The zero-order chi connectivity index (χ0) is 13.9. The number of nitrogen functional groups attached to an aromatic ring is 1. The van der Waals surface area contributed by atoms with Crippen molar-refractivity contribution in [3.05, 3.63) is 18.6 Å². The molecule has 0 aliphatic heterocycles. The summed E-state index contributed by atoms with van der Waals surface area (Å²) < 4.78 is 7.56. The number of nitrogens with zero attached hydrogens (tertiary/aromatic N) is 4. The van der Waals surface area contributed by atoms with Gasteiger partial charge in [0.25, 0.3) is 0 Å². The average Bonchev–Trinajstić information content (AvgIpc) is 3.17. The van der Waals surface area contributed by atoms with Crippen LogP contribution in [0.15, 0.2) is 18.6 Å². The van der Waals surface area contributed by atoms with Crippen LogP contribution in [0.4, 0.5) is 11.6 Å². The van der Waals surface area contributed by atoms with Gasteiger partial charge in [-0.15, -0.1) is 0 Å². The highest BCUT2D eigenvalue weighted by Gasteiger charge is 2.21. The molecule has 3 rings (SSSR count). The minimum Gasteiger partial charge on any atom is -0.379 e. The van der Waals surface area contributed by atoms with Crippen molar-refractivity contribution in [3.63, 3.8) is 0 Å². The lowest BCUT2D eigenvalue weighted by molar-refractivity contribution is 0.131. The van der Waals surface area contributed by atoms with Crippen molar-refractivity contribution >= 4 is 17.3 Å². The lowest BCUT2D eigenvalue weighted by Crippen LogP contribution is -2.25. The van der Waals surface area contributed by atoms with Crippen molar-refractivity contribution in [2.24, 2.45) is 11.8 Å². The van der Waals surface area contributed by atoms with Crippen LogP contribution in [-0.4, -0.2) is 41.2 Å². The maximum absolute atomic E-state index is 5.66. The van der Waals surface area contributed by atoms with Gasteiger partial charge in [0, 0.05) is 32.6 Å². The van der Waals surface area contributed by atoms with E-state index in [1.165, 1.54) is 12.8 Å². The predicted octanol–water partition coefficient (Wildman–Crippen LogP) is 0.878. The second kappa shape index (κ2) is 5.64. The predicted molar refractivity (Wildman–Crippen MR) is 77.6 cm³/mol. The van der Waals surface area contributed by atoms with E-state index in [2.05, 4.69) is 15.4 Å². The molecule has 7 nitrogen and oxygen atoms in total. The number of nitrogens with two attached hydrogens (primary N) is 1. The van der Waals surface area contributed by atoms with E-state index < -0.39 is 0 Å². The van der Waals surface area contributed by atoms with Gasteiger partial charge in [0.2, 0.25) is 0 Å². The van der Waals surface area contributed by atoms with Crippen molar-refractivity contribution in [1.29, 1.82) is 0 Å². The van der Waals surface area contributed by atoms with Crippen LogP contribution in [0.1, 0.15) is 12.8 Å². The molecule has 2 aromatic rings. The van der Waals surface area contributed by atoms with Crippen LogP contribution < -0.4 is 16.2 Å². The first kappa shape index (κ1) is 13.1. The van der Waals surface area contributed by atoms with E-state index in [0.29, 0.717) is 12.4 Å². The summed E-state index contributed by atoms with van der Waals surface area (Å²) in [6, 6.07) is 0. The number of imidazole rings is 1. The third-order valence-electron chi connectivity index (χ3n) is 3.49. The monoisotopic (exact) mass is 276 g/mol. The minimum absolute atomic E-state index is 0.608. The van der Waals surface area contributed by atoms with Crippen LogP contribution in [0.5, 0.6) is 0 Å². The number of hydrogen-bond donors (Lipinski definition) is 2. The van der Waals surface area contributed by atoms with E-state index in [9.17, 15) is 0 Å². The highest BCUT2D eigenvalue weighted by Crippen LogP contribution is 2.28. The Bertz CT molecular complexity index is 579. The number of anilines is 2. The summed E-state index contributed by atoms with van der Waals surface area (Å²) in [5.74, 6) is 7.64. The first-order valence-corrected chi connectivity index (χ1v) is 6.87. The Labute approximate surface area is 117 Å². The number of hydrazine groups is 1. The molecule has 7 heteroatoms. The Kier molecular flexibility index (Phi) is 3.70. The Morgan fingerprint density at radius 1 is 1.55 bits per heavy atom. The number of aromatic nitrogens is 3. The topological polar surface area (TPSA) is 80.7 Å². The normalized spacial score (nSPS) is 14.7. The number of fused-ring (bicyclic) bond motifs is 1. The van der Waals surface area contributed by atoms with E-state index in [4.69, 9.17) is 10.6 Å². The fourth-order valence-electron chi connectivity index (χ4n) is 2.08. The highest BCUT2D eigenvalue weighted by atomic mass is 16.5. The van der Waals surface area contributed by atoms with Gasteiger partial charge in [0.1, 0.15) is 0 Å². The van der Waals surface area contributed by atoms with Crippen LogP contribution in [0.2, 0.25) is 0 Å². The van der Waals surface area contributed by atoms with Gasteiger partial charge in [-0.1, -0.05) is 0 Å². The second-order valence-electron chi connectivity index (χ2n) is 5.19. The fourth-order valence-corrected chi connectivity index (χ4v) is 2.08. The smallest absolute Gasteiger partial charge is 0.180 e. The van der Waals surface area contributed by atoms with Crippen LogP contribution in [-0.2, 0) is 4.74 Å². The van der Waals surface area contributed by atoms with Gasteiger partial charge in [-0.25, -0.2) is 15.8 Å². The number of nitrogens with one attached hydrogen (secondary N) is 1. The van der Waals surface area contributed by atoms with Gasteiger partial charge in [0.05, 0.1) is 12.8 Å². The maximum Gasteiger partial charge on any atom is 0.180 e. The largest absolute Gasteiger partial charge is 0.379 e. The summed E-state index contributed by atoms with van der Waals surface area (Å²) in [5, 5.41) is 0. The Balaban J connectivity index is 1.68. The van der Waals surface area contributed by atoms with Gasteiger partial charge in [-0.05, 0) is 18.8 Å². The molecule has 3 N–H and O–H groups in total. The van der Waals surface area contributed by atoms with E-state index in [0.717, 1.165) is 30.5 Å². The zero-order valence-corrected chi connectivity index (χ0v) is 11.6. The molecule has 0 spiro atoms. The summed E-state index contributed by atoms with van der Waals surface area (Å²) in [6.07, 6.45) is 8.06. The molecule has 1 aliphatic rings. The number of ether oxygens (including phenoxy) is 1. The molecule has 108 valence electrons. The molecular weight excluding hydrogens is 256 g/mol. The second-order valence-corrected chi connectivity index (χ2v) is 5.19. The zero-order valence-electron chi connectivity index (χ0n) is 11.6. The van der Waals surface area contributed by atoms with Crippen molar-refractivity contribution in [2.45, 2.75) is 12.8 Å². The molecule has 1 fully saturated rings. The third kappa shape index (κ3) is 2.83. The summed E-state index contributed by atoms with van der Waals surface area (Å²) >= 11 is 0. The molecule has 1 aliphatic carbocycles.